The summed E-state index contributed by atoms with van der Waals surface area (Å²) in [6.45, 7) is 0. The van der Waals surface area contributed by atoms with Crippen LogP contribution in [0.4, 0.5) is 0 Å². The summed E-state index contributed by atoms with van der Waals surface area (Å²) in [5.74, 6) is -4.52. The van der Waals surface area contributed by atoms with Gasteiger partial charge < -0.3 is 31.9 Å². The maximum atomic E-state index is 10.5. The van der Waals surface area contributed by atoms with Crippen molar-refractivity contribution in [1.29, 1.82) is 0 Å². The Labute approximate surface area is 124 Å². The Bertz CT molecular complexity index is 328. The van der Waals surface area contributed by atoms with E-state index in [0.29, 0.717) is 0 Å². The van der Waals surface area contributed by atoms with Crippen LogP contribution in [0.1, 0.15) is 19.3 Å². The van der Waals surface area contributed by atoms with Crippen LogP contribution in [0.5, 0.6) is 0 Å². The molecular weight excluding hydrogens is 259 g/mol. The number of aliphatic carboxylic acids is 3. The van der Waals surface area contributed by atoms with Gasteiger partial charge in [0.05, 0.1) is 24.8 Å². The van der Waals surface area contributed by atoms with E-state index < -0.39 is 48.4 Å². The Morgan fingerprint density at radius 1 is 0.833 bits per heavy atom. The standard InChI is InChI=1S/C8H14N2O7.Na.H/c9-7(1-4(11)12,2-5(13)14)8(10,17)3-6(15)16;;/h17H,1-3,9-10H2,(H,11,12)(H,13,14)(H,15,16);;. The molecule has 1 unspecified atom stereocenters. The van der Waals surface area contributed by atoms with Gasteiger partial charge in [-0.1, -0.05) is 0 Å². The van der Waals surface area contributed by atoms with Gasteiger partial charge in [0.25, 0.3) is 0 Å². The zero-order valence-corrected chi connectivity index (χ0v) is 8.79. The van der Waals surface area contributed by atoms with E-state index >= 15 is 0 Å². The third kappa shape index (κ3) is 5.76. The molecule has 0 amide bonds. The summed E-state index contributed by atoms with van der Waals surface area (Å²) in [7, 11) is 0. The average molecular weight is 274 g/mol. The molecule has 0 spiro atoms. The number of aliphatic hydroxyl groups is 1. The summed E-state index contributed by atoms with van der Waals surface area (Å²) in [4.78, 5) is 31.5. The molecule has 0 aliphatic heterocycles. The van der Waals surface area contributed by atoms with Crippen molar-refractivity contribution in [3.63, 3.8) is 0 Å². The fourth-order valence-corrected chi connectivity index (χ4v) is 1.31. The van der Waals surface area contributed by atoms with Crippen LogP contribution in [0.2, 0.25) is 0 Å². The molecule has 0 saturated carbocycles. The van der Waals surface area contributed by atoms with Gasteiger partial charge in [0.1, 0.15) is 5.72 Å². The number of rotatable bonds is 7. The van der Waals surface area contributed by atoms with Crippen molar-refractivity contribution < 1.29 is 34.8 Å². The van der Waals surface area contributed by atoms with Gasteiger partial charge in [-0.3, -0.25) is 14.4 Å². The van der Waals surface area contributed by atoms with Crippen molar-refractivity contribution in [3.05, 3.63) is 0 Å². The zero-order valence-electron chi connectivity index (χ0n) is 8.79. The molecule has 0 aromatic carbocycles. The van der Waals surface area contributed by atoms with E-state index in [1.54, 1.807) is 0 Å². The topological polar surface area (TPSA) is 184 Å². The van der Waals surface area contributed by atoms with Gasteiger partial charge in [-0.2, -0.15) is 0 Å². The minimum atomic E-state index is -2.64. The molecule has 0 heterocycles. The van der Waals surface area contributed by atoms with E-state index in [1.807, 2.05) is 0 Å². The van der Waals surface area contributed by atoms with Gasteiger partial charge in [0.15, 0.2) is 0 Å². The second kappa shape index (κ2) is 7.02. The van der Waals surface area contributed by atoms with Gasteiger partial charge in [-0.15, -0.1) is 0 Å². The molecule has 0 rings (SSSR count). The summed E-state index contributed by atoms with van der Waals surface area (Å²) < 4.78 is 0. The first-order valence-electron chi connectivity index (χ1n) is 4.46. The molecule has 0 aliphatic rings. The monoisotopic (exact) mass is 274 g/mol. The Morgan fingerprint density at radius 3 is 1.33 bits per heavy atom. The molecule has 0 bridgehead atoms. The number of carboxylic acids is 3. The number of hydrogen-bond donors (Lipinski definition) is 6. The zero-order chi connectivity index (χ0) is 13.9. The predicted octanol–water partition coefficient (Wildman–Crippen LogP) is -2.89. The van der Waals surface area contributed by atoms with Crippen LogP contribution in [0.25, 0.3) is 0 Å². The van der Waals surface area contributed by atoms with Crippen LogP contribution in [-0.2, 0) is 14.4 Å². The first kappa shape index (κ1) is 19.6. The Hall–Kier alpha value is -0.710. The molecule has 8 N–H and O–H groups in total. The molecule has 10 heteroatoms. The van der Waals surface area contributed by atoms with Crippen LogP contribution in [0.3, 0.4) is 0 Å². The molecule has 100 valence electrons. The van der Waals surface area contributed by atoms with E-state index in [9.17, 15) is 19.5 Å². The fourth-order valence-electron chi connectivity index (χ4n) is 1.31. The Kier molecular flexibility index (Phi) is 7.66. The van der Waals surface area contributed by atoms with Crippen molar-refractivity contribution in [2.24, 2.45) is 11.5 Å². The number of carboxylic acid groups (broad SMARTS) is 3. The van der Waals surface area contributed by atoms with Crippen LogP contribution in [0.15, 0.2) is 0 Å². The Balaban J connectivity index is 0. The second-order valence-electron chi connectivity index (χ2n) is 3.79. The normalized spacial score (nSPS) is 14.2. The number of nitrogens with two attached hydrogens (primary N) is 2. The molecule has 0 saturated heterocycles. The van der Waals surface area contributed by atoms with Gasteiger partial charge in [0.2, 0.25) is 0 Å². The van der Waals surface area contributed by atoms with Gasteiger partial charge >= 0.3 is 47.5 Å². The van der Waals surface area contributed by atoms with Crippen LogP contribution in [0, 0.1) is 0 Å². The van der Waals surface area contributed by atoms with Crippen molar-refractivity contribution >= 4 is 47.5 Å². The third-order valence-electron chi connectivity index (χ3n) is 2.22. The minimum absolute atomic E-state index is 0. The molecule has 18 heavy (non-hydrogen) atoms. The molecule has 0 radical (unpaired) electrons. The molecule has 0 aliphatic carbocycles. The van der Waals surface area contributed by atoms with Gasteiger partial charge in [-0.05, 0) is 0 Å². The molecule has 0 aromatic heterocycles. The molecular formula is C8H15N2NaO7. The summed E-state index contributed by atoms with van der Waals surface area (Å²) >= 11 is 0. The van der Waals surface area contributed by atoms with Gasteiger partial charge in [-0.25, -0.2) is 0 Å². The van der Waals surface area contributed by atoms with Crippen LogP contribution in [-0.4, -0.2) is 79.2 Å². The van der Waals surface area contributed by atoms with Crippen molar-refractivity contribution in [2.75, 3.05) is 0 Å². The van der Waals surface area contributed by atoms with E-state index in [0.717, 1.165) is 0 Å². The fraction of sp³-hybridized carbons (Fsp3) is 0.625. The van der Waals surface area contributed by atoms with Crippen LogP contribution < -0.4 is 11.5 Å². The molecule has 0 fully saturated rings. The summed E-state index contributed by atoms with van der Waals surface area (Å²) in [6, 6.07) is 0. The SMILES string of the molecule is NC(O)(CC(=O)O)C(N)(CC(=O)O)CC(=O)O.[NaH]. The number of carbonyl (C=O) groups is 3. The molecule has 0 aromatic rings. The Morgan fingerprint density at radius 2 is 1.11 bits per heavy atom. The van der Waals surface area contributed by atoms with Crippen LogP contribution >= 0.6 is 0 Å². The van der Waals surface area contributed by atoms with Crippen molar-refractivity contribution in [1.82, 2.24) is 0 Å². The summed E-state index contributed by atoms with van der Waals surface area (Å²) in [5.41, 5.74) is 5.72. The number of hydrogen-bond acceptors (Lipinski definition) is 6. The first-order chi connectivity index (χ1) is 7.50. The average Bonchev–Trinajstić information content (AvgIpc) is 1.96. The molecule has 9 nitrogen and oxygen atoms in total. The van der Waals surface area contributed by atoms with Crippen molar-refractivity contribution in [3.8, 4) is 0 Å². The second-order valence-corrected chi connectivity index (χ2v) is 3.79. The van der Waals surface area contributed by atoms with E-state index in [4.69, 9.17) is 26.8 Å². The van der Waals surface area contributed by atoms with E-state index in [1.165, 1.54) is 0 Å². The van der Waals surface area contributed by atoms with Crippen molar-refractivity contribution in [2.45, 2.75) is 30.5 Å². The predicted molar refractivity (Wildman–Crippen MR) is 60.0 cm³/mol. The quantitative estimate of drug-likeness (QED) is 0.209. The maximum absolute atomic E-state index is 10.5. The third-order valence-corrected chi connectivity index (χ3v) is 2.22. The summed E-state index contributed by atoms with van der Waals surface area (Å²) in [6.07, 6.45) is -3.01. The van der Waals surface area contributed by atoms with E-state index in [2.05, 4.69) is 0 Å². The van der Waals surface area contributed by atoms with E-state index in [-0.39, 0.29) is 29.6 Å². The van der Waals surface area contributed by atoms with Gasteiger partial charge in [0, 0.05) is 0 Å². The first-order valence-corrected chi connectivity index (χ1v) is 4.46. The summed E-state index contributed by atoms with van der Waals surface area (Å²) in [5, 5.41) is 35.3. The molecule has 1 atom stereocenters.